The minimum atomic E-state index is -1.12. The van der Waals surface area contributed by atoms with Crippen molar-refractivity contribution in [3.05, 3.63) is 59.7 Å². The number of carbonyl (C=O) groups is 1. The minimum absolute atomic E-state index is 0.129. The van der Waals surface area contributed by atoms with E-state index in [1.165, 1.54) is 0 Å². The van der Waals surface area contributed by atoms with Crippen LogP contribution in [-0.4, -0.2) is 12.6 Å². The normalized spacial score (nSPS) is 11.7. The van der Waals surface area contributed by atoms with Crippen LogP contribution >= 0.6 is 0 Å². The predicted molar refractivity (Wildman–Crippen MR) is 83.6 cm³/mol. The lowest BCUT2D eigenvalue weighted by atomic mass is 10.0. The molecule has 0 saturated carbocycles. The molecule has 0 amide bonds. The monoisotopic (exact) mass is 315 g/mol. The number of ether oxygens (including phenoxy) is 2. The number of benzene rings is 2. The Morgan fingerprint density at radius 2 is 1.87 bits per heavy atom. The van der Waals surface area contributed by atoms with Crippen molar-refractivity contribution in [2.75, 3.05) is 6.61 Å². The van der Waals surface area contributed by atoms with E-state index in [-0.39, 0.29) is 12.5 Å². The van der Waals surface area contributed by atoms with E-state index in [2.05, 4.69) is 5.73 Å². The van der Waals surface area contributed by atoms with Gasteiger partial charge in [0.05, 0.1) is 6.61 Å². The van der Waals surface area contributed by atoms with Crippen LogP contribution in [0, 0.1) is 0 Å². The number of hydrogen-bond donors (Lipinski definition) is 1. The Morgan fingerprint density at radius 1 is 1.13 bits per heavy atom. The van der Waals surface area contributed by atoms with E-state index in [0.29, 0.717) is 24.7 Å². The summed E-state index contributed by atoms with van der Waals surface area (Å²) in [5.41, 5.74) is 5.70. The van der Waals surface area contributed by atoms with Crippen molar-refractivity contribution in [1.82, 2.24) is 0 Å². The van der Waals surface area contributed by atoms with Crippen molar-refractivity contribution in [3.63, 3.8) is 0 Å². The second kappa shape index (κ2) is 8.19. The van der Waals surface area contributed by atoms with Gasteiger partial charge in [-0.25, -0.2) is 0 Å². The highest BCUT2D eigenvalue weighted by Crippen LogP contribution is 2.31. The van der Waals surface area contributed by atoms with Gasteiger partial charge in [-0.1, -0.05) is 30.3 Å². The van der Waals surface area contributed by atoms with Crippen LogP contribution in [0.5, 0.6) is 11.5 Å². The molecule has 122 valence electrons. The second-order valence-electron chi connectivity index (χ2n) is 5.19. The first kappa shape index (κ1) is 16.8. The standard InChI is InChI=1S/C18H21NO4/c1-2-22-17-10-14(15(19)11-18(20)21)8-9-16(17)23-12-13-6-4-3-5-7-13/h3-10,15H,2,11-12,19H2,1H3,(H,20,21)/t15-/m0/s1. The third-order valence-corrected chi connectivity index (χ3v) is 3.39. The number of carboxylic acids is 1. The molecule has 0 fully saturated rings. The van der Waals surface area contributed by atoms with Crippen LogP contribution in [0.4, 0.5) is 0 Å². The van der Waals surface area contributed by atoms with Gasteiger partial charge in [0, 0.05) is 18.0 Å². The molecule has 5 nitrogen and oxygen atoms in total. The Morgan fingerprint density at radius 3 is 2.52 bits per heavy atom. The highest BCUT2D eigenvalue weighted by Gasteiger charge is 2.14. The molecule has 3 N–H and O–H groups in total. The molecule has 0 aliphatic heterocycles. The van der Waals surface area contributed by atoms with Crippen molar-refractivity contribution in [1.29, 1.82) is 0 Å². The van der Waals surface area contributed by atoms with Crippen LogP contribution < -0.4 is 20.3 Å². The summed E-state index contributed by atoms with van der Waals surface area (Å²) in [5, 5.41) is 10.7. The molecular formula is C18H21NO4. The molecule has 0 bridgehead atoms. The van der Waals surface area contributed by atoms with Crippen LogP contribution in [0.1, 0.15) is 30.5 Å². The van der Waals surface area contributed by atoms with E-state index in [1.54, 1.807) is 12.1 Å². The highest BCUT2D eigenvalue weighted by atomic mass is 16.5. The van der Waals surface area contributed by atoms with Crippen LogP contribution in [0.2, 0.25) is 0 Å². The molecular weight excluding hydrogens is 294 g/mol. The lowest BCUT2D eigenvalue weighted by Gasteiger charge is -2.15. The van der Waals surface area contributed by atoms with E-state index in [4.69, 9.17) is 9.47 Å². The maximum atomic E-state index is 10.7. The van der Waals surface area contributed by atoms with Crippen molar-refractivity contribution in [2.45, 2.75) is 26.0 Å². The Hall–Kier alpha value is -2.53. The molecule has 0 heterocycles. The van der Waals surface area contributed by atoms with E-state index >= 15 is 0 Å². The number of aliphatic carboxylic acids is 1. The zero-order valence-corrected chi connectivity index (χ0v) is 13.2. The first-order valence-corrected chi connectivity index (χ1v) is 7.56. The number of quaternary nitrogens is 1. The highest BCUT2D eigenvalue weighted by molar-refractivity contribution is 5.65. The van der Waals surface area contributed by atoms with E-state index in [9.17, 15) is 9.90 Å². The summed E-state index contributed by atoms with van der Waals surface area (Å²) >= 11 is 0. The quantitative estimate of drug-likeness (QED) is 0.790. The lowest BCUT2D eigenvalue weighted by molar-refractivity contribution is -0.430. The lowest BCUT2D eigenvalue weighted by Crippen LogP contribution is -2.55. The smallest absolute Gasteiger partial charge is 0.161 e. The van der Waals surface area contributed by atoms with Gasteiger partial charge in [-0.15, -0.1) is 0 Å². The van der Waals surface area contributed by atoms with Crippen molar-refractivity contribution in [3.8, 4) is 11.5 Å². The van der Waals surface area contributed by atoms with Crippen molar-refractivity contribution in [2.24, 2.45) is 0 Å². The van der Waals surface area contributed by atoms with Gasteiger partial charge in [0.1, 0.15) is 12.6 Å². The van der Waals surface area contributed by atoms with Gasteiger partial charge in [0.25, 0.3) is 0 Å². The average Bonchev–Trinajstić information content (AvgIpc) is 2.54. The van der Waals surface area contributed by atoms with Crippen LogP contribution in [-0.2, 0) is 11.4 Å². The Bertz CT molecular complexity index is 643. The zero-order valence-electron chi connectivity index (χ0n) is 13.2. The molecule has 0 aliphatic rings. The average molecular weight is 315 g/mol. The van der Waals surface area contributed by atoms with E-state index in [1.807, 2.05) is 43.3 Å². The Labute approximate surface area is 135 Å². The van der Waals surface area contributed by atoms with Gasteiger partial charge in [-0.3, -0.25) is 0 Å². The molecule has 0 aliphatic carbocycles. The summed E-state index contributed by atoms with van der Waals surface area (Å²) < 4.78 is 11.4. The molecule has 2 aromatic carbocycles. The van der Waals surface area contributed by atoms with Gasteiger partial charge in [-0.2, -0.15) is 0 Å². The Kier molecular flexibility index (Phi) is 6.00. The predicted octanol–water partition coefficient (Wildman–Crippen LogP) is 1.09. The largest absolute Gasteiger partial charge is 0.550 e. The number of hydrogen-bond acceptors (Lipinski definition) is 4. The fourth-order valence-electron chi connectivity index (χ4n) is 2.22. The topological polar surface area (TPSA) is 86.2 Å². The van der Waals surface area contributed by atoms with Crippen LogP contribution in [0.25, 0.3) is 0 Å². The maximum absolute atomic E-state index is 10.7. The Balaban J connectivity index is 2.14. The summed E-state index contributed by atoms with van der Waals surface area (Å²) in [7, 11) is 0. The molecule has 23 heavy (non-hydrogen) atoms. The van der Waals surface area contributed by atoms with Crippen LogP contribution in [0.15, 0.2) is 48.5 Å². The van der Waals surface area contributed by atoms with Gasteiger partial charge < -0.3 is 25.1 Å². The van der Waals surface area contributed by atoms with Gasteiger partial charge >= 0.3 is 0 Å². The summed E-state index contributed by atoms with van der Waals surface area (Å²) in [5.74, 6) is 0.0976. The third kappa shape index (κ3) is 5.00. The molecule has 2 aromatic rings. The first-order chi connectivity index (χ1) is 11.1. The first-order valence-electron chi connectivity index (χ1n) is 7.56. The summed E-state index contributed by atoms with van der Waals surface area (Å²) in [6.07, 6.45) is -0.129. The summed E-state index contributed by atoms with van der Waals surface area (Å²) in [6.45, 7) is 2.82. The van der Waals surface area contributed by atoms with Crippen molar-refractivity contribution < 1.29 is 25.1 Å². The van der Waals surface area contributed by atoms with Crippen LogP contribution in [0.3, 0.4) is 0 Å². The molecule has 0 unspecified atom stereocenters. The summed E-state index contributed by atoms with van der Waals surface area (Å²) in [4.78, 5) is 10.7. The van der Waals surface area contributed by atoms with Gasteiger partial charge in [0.2, 0.25) is 0 Å². The number of carbonyl (C=O) groups excluding carboxylic acids is 1. The molecule has 0 aromatic heterocycles. The molecule has 0 spiro atoms. The number of rotatable bonds is 8. The van der Waals surface area contributed by atoms with E-state index in [0.717, 1.165) is 11.1 Å². The second-order valence-corrected chi connectivity index (χ2v) is 5.19. The third-order valence-electron chi connectivity index (χ3n) is 3.39. The van der Waals surface area contributed by atoms with Crippen molar-refractivity contribution >= 4 is 5.97 Å². The van der Waals surface area contributed by atoms with Gasteiger partial charge in [-0.05, 0) is 30.7 Å². The molecule has 1 atom stereocenters. The molecule has 2 rings (SSSR count). The maximum Gasteiger partial charge on any atom is 0.161 e. The molecule has 0 saturated heterocycles. The summed E-state index contributed by atoms with van der Waals surface area (Å²) in [6, 6.07) is 14.8. The fourth-order valence-corrected chi connectivity index (χ4v) is 2.22. The SMILES string of the molecule is CCOc1cc([C@@H]([NH3+])CC(=O)[O-])ccc1OCc1ccccc1. The van der Waals surface area contributed by atoms with Gasteiger partial charge in [0.15, 0.2) is 11.5 Å². The minimum Gasteiger partial charge on any atom is -0.550 e. The molecule has 5 heteroatoms. The molecule has 0 radical (unpaired) electrons. The van der Waals surface area contributed by atoms with E-state index < -0.39 is 5.97 Å². The zero-order chi connectivity index (χ0) is 16.7. The number of carboxylic acid groups (broad SMARTS) is 1. The fraction of sp³-hybridized carbons (Fsp3) is 0.278.